The van der Waals surface area contributed by atoms with Crippen molar-refractivity contribution >= 4 is 32.6 Å². The fourth-order valence-corrected chi connectivity index (χ4v) is 9.07. The number of nitrogens with one attached hydrogen (secondary N) is 3. The van der Waals surface area contributed by atoms with E-state index in [1.165, 1.54) is 25.7 Å². The third-order valence-corrected chi connectivity index (χ3v) is 11.1. The first-order chi connectivity index (χ1) is 21.0. The lowest BCUT2D eigenvalue weighted by atomic mass is 9.91. The van der Waals surface area contributed by atoms with Gasteiger partial charge in [-0.1, -0.05) is 43.9 Å². The molecule has 2 fully saturated rings. The van der Waals surface area contributed by atoms with Crippen molar-refractivity contribution in [3.05, 3.63) is 57.9 Å². The van der Waals surface area contributed by atoms with Gasteiger partial charge in [-0.3, -0.25) is 19.8 Å². The van der Waals surface area contributed by atoms with Gasteiger partial charge in [0.1, 0.15) is 11.5 Å². The van der Waals surface area contributed by atoms with Crippen molar-refractivity contribution in [1.29, 1.82) is 5.41 Å². The van der Waals surface area contributed by atoms with E-state index < -0.39 is 10.0 Å². The molecular formula is C34H48N6O3S. The molecule has 3 unspecified atom stereocenters. The second-order valence-electron chi connectivity index (χ2n) is 13.1. The molecule has 3 aromatic rings. The number of fused-ring (bicyclic) bond motifs is 1. The minimum atomic E-state index is -3.58. The van der Waals surface area contributed by atoms with Crippen LogP contribution in [0, 0.1) is 11.3 Å². The summed E-state index contributed by atoms with van der Waals surface area (Å²) < 4.78 is 29.7. The number of amidine groups is 1. The molecule has 0 spiro atoms. The Balaban J connectivity index is 1.46. The van der Waals surface area contributed by atoms with Crippen LogP contribution in [0.4, 0.5) is 5.69 Å². The first-order valence-corrected chi connectivity index (χ1v) is 18.0. The molecule has 1 aliphatic heterocycles. The van der Waals surface area contributed by atoms with Gasteiger partial charge in [0, 0.05) is 34.8 Å². The molecule has 1 saturated carbocycles. The van der Waals surface area contributed by atoms with Crippen molar-refractivity contribution in [1.82, 2.24) is 14.9 Å². The quantitative estimate of drug-likeness (QED) is 0.149. The number of nitrogens with two attached hydrogens (primary N) is 1. The van der Waals surface area contributed by atoms with E-state index in [1.807, 2.05) is 0 Å². The number of likely N-dealkylation sites (tertiary alicyclic amines) is 1. The second kappa shape index (κ2) is 13.8. The first kappa shape index (κ1) is 32.2. The highest BCUT2D eigenvalue weighted by atomic mass is 32.2. The Bertz CT molecular complexity index is 1640. The van der Waals surface area contributed by atoms with Crippen molar-refractivity contribution in [2.45, 2.75) is 110 Å². The fraction of sp³-hybridized carbons (Fsp3) is 0.559. The van der Waals surface area contributed by atoms with E-state index in [4.69, 9.17) is 16.1 Å². The summed E-state index contributed by atoms with van der Waals surface area (Å²) in [6.45, 7) is 6.92. The number of aromatic amines is 1. The fourth-order valence-electron chi connectivity index (χ4n) is 7.50. The molecule has 2 aromatic carbocycles. The molecule has 1 saturated heterocycles. The van der Waals surface area contributed by atoms with Gasteiger partial charge in [-0.2, -0.15) is 0 Å². The van der Waals surface area contributed by atoms with Gasteiger partial charge in [-0.25, -0.2) is 13.4 Å². The van der Waals surface area contributed by atoms with Gasteiger partial charge in [-0.15, -0.1) is 0 Å². The molecule has 0 amide bonds. The summed E-state index contributed by atoms with van der Waals surface area (Å²) >= 11 is 0. The molecule has 0 bridgehead atoms. The van der Waals surface area contributed by atoms with Gasteiger partial charge < -0.3 is 10.7 Å². The molecule has 1 aliphatic carbocycles. The summed E-state index contributed by atoms with van der Waals surface area (Å²) in [5.41, 5.74) is 9.07. The number of sulfonamides is 1. The summed E-state index contributed by atoms with van der Waals surface area (Å²) in [7, 11) is -3.58. The molecule has 44 heavy (non-hydrogen) atoms. The smallest absolute Gasteiger partial charge is 0.274 e. The lowest BCUT2D eigenvalue weighted by Crippen LogP contribution is -2.48. The number of nitrogens with zero attached hydrogens (tertiary/aromatic N) is 2. The largest absolute Gasteiger partial charge is 0.384 e. The number of piperidine rings is 1. The van der Waals surface area contributed by atoms with Gasteiger partial charge in [0.2, 0.25) is 10.0 Å². The highest BCUT2D eigenvalue weighted by Gasteiger charge is 2.29. The van der Waals surface area contributed by atoms with Crippen LogP contribution in [0.15, 0.2) is 41.2 Å². The number of hydrogen-bond acceptors (Lipinski definition) is 6. The van der Waals surface area contributed by atoms with Crippen LogP contribution in [0.25, 0.3) is 22.3 Å². The minimum absolute atomic E-state index is 0.0842. The standard InChI is InChI=1S/C34H48N6O3S/c1-22-10-7-11-23(2)40(22)24(3)12-8-17-28-29(39-44(42,43)21-25-13-5-4-6-14-25)18-19-30-32(28)38-34(41)31(37-30)26-15-9-16-27(20-26)33(35)36/h9,15-16,18-20,22-25,39H,4-8,10-14,17,21H2,1-3H3,(H3,35,36)(H,38,41). The van der Waals surface area contributed by atoms with Crippen LogP contribution in [0.2, 0.25) is 0 Å². The van der Waals surface area contributed by atoms with E-state index in [9.17, 15) is 13.2 Å². The van der Waals surface area contributed by atoms with E-state index in [0.29, 0.717) is 52.4 Å². The molecule has 5 N–H and O–H groups in total. The highest BCUT2D eigenvalue weighted by molar-refractivity contribution is 7.92. The van der Waals surface area contributed by atoms with Crippen LogP contribution in [0.5, 0.6) is 0 Å². The normalized spacial score (nSPS) is 20.9. The number of aromatic nitrogens is 2. The zero-order valence-electron chi connectivity index (χ0n) is 26.4. The van der Waals surface area contributed by atoms with Crippen LogP contribution in [0.1, 0.15) is 96.1 Å². The summed E-state index contributed by atoms with van der Waals surface area (Å²) in [5.74, 6) is 0.209. The Hall–Kier alpha value is -3.24. The summed E-state index contributed by atoms with van der Waals surface area (Å²) in [4.78, 5) is 23.9. The summed E-state index contributed by atoms with van der Waals surface area (Å²) in [6, 6.07) is 12.0. The molecule has 0 radical (unpaired) electrons. The van der Waals surface area contributed by atoms with Gasteiger partial charge in [0.15, 0.2) is 0 Å². The van der Waals surface area contributed by atoms with Gasteiger partial charge in [0.05, 0.1) is 22.5 Å². The zero-order chi connectivity index (χ0) is 31.4. The third kappa shape index (κ3) is 7.51. The Labute approximate surface area is 261 Å². The molecule has 2 heterocycles. The Kier molecular flexibility index (Phi) is 10.1. The van der Waals surface area contributed by atoms with Crippen LogP contribution in [0.3, 0.4) is 0 Å². The van der Waals surface area contributed by atoms with E-state index in [-0.39, 0.29) is 28.8 Å². The minimum Gasteiger partial charge on any atom is -0.384 e. The lowest BCUT2D eigenvalue weighted by molar-refractivity contribution is 0.0581. The van der Waals surface area contributed by atoms with E-state index >= 15 is 0 Å². The maximum Gasteiger partial charge on any atom is 0.274 e. The first-order valence-electron chi connectivity index (χ1n) is 16.3. The molecule has 5 rings (SSSR count). The average Bonchev–Trinajstić information content (AvgIpc) is 2.98. The summed E-state index contributed by atoms with van der Waals surface area (Å²) in [6.07, 6.45) is 11.4. The molecule has 238 valence electrons. The third-order valence-electron chi connectivity index (χ3n) is 9.69. The van der Waals surface area contributed by atoms with Gasteiger partial charge in [0.25, 0.3) is 5.56 Å². The van der Waals surface area contributed by atoms with Crippen LogP contribution in [-0.4, -0.2) is 53.0 Å². The van der Waals surface area contributed by atoms with Crippen molar-refractivity contribution in [2.75, 3.05) is 10.5 Å². The number of anilines is 1. The number of hydrogen-bond donors (Lipinski definition) is 4. The number of benzene rings is 2. The Morgan fingerprint density at radius 2 is 1.82 bits per heavy atom. The molecule has 9 nitrogen and oxygen atoms in total. The number of H-pyrrole nitrogens is 1. The van der Waals surface area contributed by atoms with Crippen molar-refractivity contribution in [2.24, 2.45) is 11.7 Å². The molecule has 1 aromatic heterocycles. The Morgan fingerprint density at radius 1 is 1.09 bits per heavy atom. The SMILES string of the molecule is CC(CCCc1c(NS(=O)(=O)CC2CCCCC2)ccc2nc(-c3cccc(C(=N)N)c3)c(=O)[nH]c12)N1C(C)CCCC1C. The van der Waals surface area contributed by atoms with Crippen molar-refractivity contribution < 1.29 is 8.42 Å². The number of aryl methyl sites for hydroxylation is 1. The van der Waals surface area contributed by atoms with Gasteiger partial charge >= 0.3 is 0 Å². The van der Waals surface area contributed by atoms with Crippen LogP contribution < -0.4 is 16.0 Å². The topological polar surface area (TPSA) is 145 Å². The predicted octanol–water partition coefficient (Wildman–Crippen LogP) is 6.17. The van der Waals surface area contributed by atoms with E-state index in [0.717, 1.165) is 44.1 Å². The highest BCUT2D eigenvalue weighted by Crippen LogP contribution is 2.31. The molecule has 2 aliphatic rings. The Morgan fingerprint density at radius 3 is 2.52 bits per heavy atom. The van der Waals surface area contributed by atoms with Crippen LogP contribution in [-0.2, 0) is 16.4 Å². The average molecular weight is 621 g/mol. The van der Waals surface area contributed by atoms with Crippen LogP contribution >= 0.6 is 0 Å². The maximum atomic E-state index is 13.4. The second-order valence-corrected chi connectivity index (χ2v) is 14.9. The number of rotatable bonds is 11. The molecule has 10 heteroatoms. The van der Waals surface area contributed by atoms with E-state index in [1.54, 1.807) is 36.4 Å². The lowest BCUT2D eigenvalue weighted by Gasteiger charge is -2.43. The molecule has 3 atom stereocenters. The zero-order valence-corrected chi connectivity index (χ0v) is 27.2. The maximum absolute atomic E-state index is 13.4. The summed E-state index contributed by atoms with van der Waals surface area (Å²) in [5, 5.41) is 7.78. The van der Waals surface area contributed by atoms with E-state index in [2.05, 4.69) is 35.4 Å². The van der Waals surface area contributed by atoms with Crippen molar-refractivity contribution in [3.8, 4) is 11.3 Å². The number of nitrogen functional groups attached to an aromatic ring is 1. The monoisotopic (exact) mass is 620 g/mol. The molecular weight excluding hydrogens is 572 g/mol. The van der Waals surface area contributed by atoms with Crippen molar-refractivity contribution in [3.63, 3.8) is 0 Å². The predicted molar refractivity (Wildman–Crippen MR) is 180 cm³/mol. The van der Waals surface area contributed by atoms with Gasteiger partial charge in [-0.05, 0) is 89.8 Å².